The number of aromatic nitrogens is 1. The van der Waals surface area contributed by atoms with Crippen LogP contribution >= 0.6 is 0 Å². The van der Waals surface area contributed by atoms with Crippen molar-refractivity contribution in [3.05, 3.63) is 17.8 Å². The number of hydrogen-bond donors (Lipinski definition) is 2. The predicted octanol–water partition coefficient (Wildman–Crippen LogP) is 1.13. The van der Waals surface area contributed by atoms with Crippen molar-refractivity contribution in [1.82, 2.24) is 15.6 Å². The summed E-state index contributed by atoms with van der Waals surface area (Å²) in [4.78, 5) is 16.2. The van der Waals surface area contributed by atoms with Gasteiger partial charge in [0.1, 0.15) is 5.76 Å². The molecular formula is C12H19N3O2. The number of aryl methyl sites for hydroxylation is 1. The fraction of sp³-hybridized carbons (Fsp3) is 0.667. The van der Waals surface area contributed by atoms with Crippen LogP contribution in [0.1, 0.15) is 37.8 Å². The molecule has 17 heavy (non-hydrogen) atoms. The second-order valence-corrected chi connectivity index (χ2v) is 4.51. The highest BCUT2D eigenvalue weighted by Gasteiger charge is 2.38. The molecule has 1 amide bonds. The van der Waals surface area contributed by atoms with Crippen molar-refractivity contribution in [2.75, 3.05) is 6.54 Å². The molecule has 1 fully saturated rings. The van der Waals surface area contributed by atoms with Gasteiger partial charge in [0.05, 0.1) is 18.3 Å². The first-order valence-electron chi connectivity index (χ1n) is 6.11. The highest BCUT2D eigenvalue weighted by Crippen LogP contribution is 2.23. The van der Waals surface area contributed by atoms with Crippen molar-refractivity contribution in [2.24, 2.45) is 0 Å². The number of nitrogens with zero attached hydrogens (tertiary/aromatic N) is 1. The number of carbonyl (C=O) groups excluding carboxylic acids is 1. The van der Waals surface area contributed by atoms with Gasteiger partial charge in [-0.25, -0.2) is 4.98 Å². The smallest absolute Gasteiger partial charge is 0.240 e. The van der Waals surface area contributed by atoms with E-state index >= 15 is 0 Å². The molecule has 1 unspecified atom stereocenters. The minimum atomic E-state index is -0.387. The topological polar surface area (TPSA) is 67.2 Å². The Kier molecular flexibility index (Phi) is 3.47. The first kappa shape index (κ1) is 12.1. The predicted molar refractivity (Wildman–Crippen MR) is 63.3 cm³/mol. The van der Waals surface area contributed by atoms with Gasteiger partial charge in [-0.1, -0.05) is 6.92 Å². The van der Waals surface area contributed by atoms with E-state index in [0.717, 1.165) is 31.6 Å². The molecule has 0 aliphatic carbocycles. The Bertz CT molecular complexity index is 394. The fourth-order valence-corrected chi connectivity index (χ4v) is 2.27. The Labute approximate surface area is 101 Å². The molecule has 1 aliphatic rings. The van der Waals surface area contributed by atoms with E-state index in [1.165, 1.54) is 0 Å². The summed E-state index contributed by atoms with van der Waals surface area (Å²) in [5.41, 5.74) is -0.387. The molecule has 1 atom stereocenters. The summed E-state index contributed by atoms with van der Waals surface area (Å²) in [5, 5.41) is 6.19. The summed E-state index contributed by atoms with van der Waals surface area (Å²) in [7, 11) is 0. The first-order chi connectivity index (χ1) is 8.16. The van der Waals surface area contributed by atoms with E-state index in [1.54, 1.807) is 6.20 Å². The zero-order valence-electron chi connectivity index (χ0n) is 10.4. The van der Waals surface area contributed by atoms with E-state index in [1.807, 2.05) is 13.8 Å². The zero-order chi connectivity index (χ0) is 12.3. The second-order valence-electron chi connectivity index (χ2n) is 4.51. The molecule has 0 radical (unpaired) electrons. The summed E-state index contributed by atoms with van der Waals surface area (Å²) in [5.74, 6) is 1.37. The molecule has 5 nitrogen and oxygen atoms in total. The van der Waals surface area contributed by atoms with Crippen molar-refractivity contribution in [3.8, 4) is 0 Å². The van der Waals surface area contributed by atoms with Gasteiger partial charge in [0.25, 0.3) is 0 Å². The molecule has 2 N–H and O–H groups in total. The Morgan fingerprint density at radius 2 is 2.53 bits per heavy atom. The second kappa shape index (κ2) is 4.87. The van der Waals surface area contributed by atoms with E-state index in [4.69, 9.17) is 4.42 Å². The Hall–Kier alpha value is -1.36. The maximum absolute atomic E-state index is 12.1. The Morgan fingerprint density at radius 3 is 3.06 bits per heavy atom. The van der Waals surface area contributed by atoms with Gasteiger partial charge in [-0.15, -0.1) is 0 Å². The third-order valence-corrected chi connectivity index (χ3v) is 3.35. The summed E-state index contributed by atoms with van der Waals surface area (Å²) in [6, 6.07) is 0. The van der Waals surface area contributed by atoms with Gasteiger partial charge < -0.3 is 15.1 Å². The molecule has 0 aromatic carbocycles. The molecule has 0 spiro atoms. The third kappa shape index (κ3) is 2.49. The van der Waals surface area contributed by atoms with Crippen molar-refractivity contribution in [3.63, 3.8) is 0 Å². The molecule has 5 heteroatoms. The quantitative estimate of drug-likeness (QED) is 0.824. The SMILES string of the molecule is CCC1(C(=O)NCc2ncc(C)o2)CCCN1. The van der Waals surface area contributed by atoms with E-state index in [0.29, 0.717) is 12.4 Å². The highest BCUT2D eigenvalue weighted by atomic mass is 16.4. The van der Waals surface area contributed by atoms with Gasteiger partial charge in [0, 0.05) is 0 Å². The molecule has 0 bridgehead atoms. The number of rotatable bonds is 4. The van der Waals surface area contributed by atoms with Crippen molar-refractivity contribution in [1.29, 1.82) is 0 Å². The van der Waals surface area contributed by atoms with Crippen LogP contribution in [0.4, 0.5) is 0 Å². The Balaban J connectivity index is 1.92. The van der Waals surface area contributed by atoms with E-state index in [2.05, 4.69) is 15.6 Å². The molecule has 0 saturated carbocycles. The highest BCUT2D eigenvalue weighted by molar-refractivity contribution is 5.86. The van der Waals surface area contributed by atoms with Crippen molar-refractivity contribution < 1.29 is 9.21 Å². The van der Waals surface area contributed by atoms with Gasteiger partial charge in [-0.2, -0.15) is 0 Å². The molecule has 1 aromatic rings. The number of amides is 1. The summed E-state index contributed by atoms with van der Waals surface area (Å²) >= 11 is 0. The lowest BCUT2D eigenvalue weighted by molar-refractivity contribution is -0.127. The molecule has 2 rings (SSSR count). The van der Waals surface area contributed by atoms with Crippen LogP contribution in [0.5, 0.6) is 0 Å². The van der Waals surface area contributed by atoms with E-state index in [9.17, 15) is 4.79 Å². The van der Waals surface area contributed by atoms with Crippen LogP contribution in [-0.2, 0) is 11.3 Å². The number of hydrogen-bond acceptors (Lipinski definition) is 4. The molecular weight excluding hydrogens is 218 g/mol. The summed E-state index contributed by atoms with van der Waals surface area (Å²) < 4.78 is 5.32. The van der Waals surface area contributed by atoms with Crippen LogP contribution in [0.2, 0.25) is 0 Å². The van der Waals surface area contributed by atoms with Crippen LogP contribution in [0, 0.1) is 6.92 Å². The summed E-state index contributed by atoms with van der Waals surface area (Å²) in [6.07, 6.45) is 4.42. The molecule has 1 saturated heterocycles. The minimum absolute atomic E-state index is 0.0494. The average molecular weight is 237 g/mol. The van der Waals surface area contributed by atoms with Crippen molar-refractivity contribution in [2.45, 2.75) is 45.2 Å². The van der Waals surface area contributed by atoms with Crippen LogP contribution in [0.15, 0.2) is 10.6 Å². The lowest BCUT2D eigenvalue weighted by Crippen LogP contribution is -2.52. The monoisotopic (exact) mass is 237 g/mol. The molecule has 1 aromatic heterocycles. The van der Waals surface area contributed by atoms with E-state index < -0.39 is 0 Å². The standard InChI is InChI=1S/C12H19N3O2/c1-3-12(5-4-6-15-12)11(16)14-8-10-13-7-9(2)17-10/h7,15H,3-6,8H2,1-2H3,(H,14,16). The maximum atomic E-state index is 12.1. The zero-order valence-corrected chi connectivity index (χ0v) is 10.4. The van der Waals surface area contributed by atoms with Gasteiger partial charge in [-0.05, 0) is 32.7 Å². The van der Waals surface area contributed by atoms with E-state index in [-0.39, 0.29) is 11.4 Å². The fourth-order valence-electron chi connectivity index (χ4n) is 2.27. The van der Waals surface area contributed by atoms with Crippen LogP contribution in [-0.4, -0.2) is 23.0 Å². The Morgan fingerprint density at radius 1 is 1.71 bits per heavy atom. The minimum Gasteiger partial charge on any atom is -0.444 e. The maximum Gasteiger partial charge on any atom is 0.240 e. The van der Waals surface area contributed by atoms with Gasteiger partial charge >= 0.3 is 0 Å². The number of nitrogens with one attached hydrogen (secondary N) is 2. The number of carbonyl (C=O) groups is 1. The van der Waals surface area contributed by atoms with Crippen molar-refractivity contribution >= 4 is 5.91 Å². The lowest BCUT2D eigenvalue weighted by atomic mass is 9.93. The lowest BCUT2D eigenvalue weighted by Gasteiger charge is -2.26. The largest absolute Gasteiger partial charge is 0.444 e. The molecule has 94 valence electrons. The number of oxazole rings is 1. The van der Waals surface area contributed by atoms with Crippen LogP contribution in [0.25, 0.3) is 0 Å². The third-order valence-electron chi connectivity index (χ3n) is 3.35. The normalized spacial score (nSPS) is 23.9. The average Bonchev–Trinajstić information content (AvgIpc) is 2.95. The van der Waals surface area contributed by atoms with Crippen LogP contribution in [0.3, 0.4) is 0 Å². The van der Waals surface area contributed by atoms with Gasteiger partial charge in [-0.3, -0.25) is 4.79 Å². The summed E-state index contributed by atoms with van der Waals surface area (Å²) in [6.45, 7) is 5.15. The van der Waals surface area contributed by atoms with Crippen LogP contribution < -0.4 is 10.6 Å². The van der Waals surface area contributed by atoms with Gasteiger partial charge in [0.2, 0.25) is 11.8 Å². The first-order valence-corrected chi connectivity index (χ1v) is 6.11. The molecule has 1 aliphatic heterocycles. The molecule has 2 heterocycles. The van der Waals surface area contributed by atoms with Gasteiger partial charge in [0.15, 0.2) is 0 Å².